The summed E-state index contributed by atoms with van der Waals surface area (Å²) in [6, 6.07) is 12.5. The number of hydrogen-bond acceptors (Lipinski definition) is 4. The number of carbonyl (C=O) groups excluding carboxylic acids is 1. The highest BCUT2D eigenvalue weighted by Gasteiger charge is 2.35. The summed E-state index contributed by atoms with van der Waals surface area (Å²) in [5.41, 5.74) is 2.55. The van der Waals surface area contributed by atoms with Gasteiger partial charge in [-0.15, -0.1) is 0 Å². The average molecular weight is 451 g/mol. The molecule has 0 bridgehead atoms. The topological polar surface area (TPSA) is 75.7 Å². The minimum absolute atomic E-state index is 0.0480. The van der Waals surface area contributed by atoms with Crippen LogP contribution in [0.2, 0.25) is 5.02 Å². The number of benzene rings is 2. The van der Waals surface area contributed by atoms with Crippen LogP contribution in [0.1, 0.15) is 44.9 Å². The minimum atomic E-state index is -3.61. The van der Waals surface area contributed by atoms with Gasteiger partial charge in [-0.05, 0) is 41.7 Å². The van der Waals surface area contributed by atoms with Crippen LogP contribution in [-0.2, 0) is 20.2 Å². The Morgan fingerprint density at radius 3 is 2.40 bits per heavy atom. The molecule has 2 aromatic rings. The van der Waals surface area contributed by atoms with Gasteiger partial charge in [-0.3, -0.25) is 9.10 Å². The van der Waals surface area contributed by atoms with Crippen LogP contribution in [0.4, 0.5) is 5.69 Å². The third-order valence-electron chi connectivity index (χ3n) is 5.12. The summed E-state index contributed by atoms with van der Waals surface area (Å²) in [5.74, 6) is -0.0740. The van der Waals surface area contributed by atoms with Crippen LogP contribution in [0.3, 0.4) is 0 Å². The lowest BCUT2D eigenvalue weighted by molar-refractivity contribution is -0.128. The van der Waals surface area contributed by atoms with Crippen LogP contribution in [0.15, 0.2) is 42.5 Å². The molecule has 2 aromatic carbocycles. The molecule has 0 aromatic heterocycles. The van der Waals surface area contributed by atoms with E-state index in [0.717, 1.165) is 16.1 Å². The summed E-state index contributed by atoms with van der Waals surface area (Å²) in [6.07, 6.45) is 0.127. The molecule has 0 saturated heterocycles. The number of amides is 1. The number of fused-ring (bicyclic) bond motifs is 1. The van der Waals surface area contributed by atoms with E-state index < -0.39 is 16.1 Å². The molecule has 2 atom stereocenters. The van der Waals surface area contributed by atoms with Crippen molar-refractivity contribution in [3.8, 4) is 5.75 Å². The van der Waals surface area contributed by atoms with Gasteiger partial charge in [0.1, 0.15) is 5.75 Å². The second kappa shape index (κ2) is 8.12. The number of carbonyl (C=O) groups is 1. The minimum Gasteiger partial charge on any atom is -0.476 e. The van der Waals surface area contributed by atoms with E-state index in [1.807, 2.05) is 19.1 Å². The SMILES string of the molecule is C[C@@H](NC(=O)[C@@H]1CN(S(C)(=O)=O)c2cc(Cl)ccc2O1)c1ccc(C(C)(C)C)cc1. The smallest absolute Gasteiger partial charge is 0.263 e. The molecule has 6 nitrogen and oxygen atoms in total. The molecule has 1 aliphatic rings. The number of nitrogens with one attached hydrogen (secondary N) is 1. The van der Waals surface area contributed by atoms with Crippen LogP contribution in [0.25, 0.3) is 0 Å². The van der Waals surface area contributed by atoms with Gasteiger partial charge < -0.3 is 10.1 Å². The number of hydrogen-bond donors (Lipinski definition) is 1. The quantitative estimate of drug-likeness (QED) is 0.762. The molecule has 0 saturated carbocycles. The van der Waals surface area contributed by atoms with Crippen molar-refractivity contribution in [2.24, 2.45) is 0 Å². The Morgan fingerprint density at radius 2 is 1.83 bits per heavy atom. The van der Waals surface area contributed by atoms with Crippen molar-refractivity contribution in [1.82, 2.24) is 5.32 Å². The first-order valence-corrected chi connectivity index (χ1v) is 11.9. The molecule has 0 aliphatic carbocycles. The van der Waals surface area contributed by atoms with Gasteiger partial charge >= 0.3 is 0 Å². The molecule has 1 heterocycles. The summed E-state index contributed by atoms with van der Waals surface area (Å²) in [6.45, 7) is 8.20. The highest BCUT2D eigenvalue weighted by molar-refractivity contribution is 7.92. The van der Waals surface area contributed by atoms with Crippen LogP contribution in [0, 0.1) is 0 Å². The van der Waals surface area contributed by atoms with Gasteiger partial charge in [-0.25, -0.2) is 8.42 Å². The van der Waals surface area contributed by atoms with Crippen LogP contribution in [-0.4, -0.2) is 33.2 Å². The van der Waals surface area contributed by atoms with Crippen LogP contribution in [0.5, 0.6) is 5.75 Å². The highest BCUT2D eigenvalue weighted by atomic mass is 35.5. The zero-order valence-electron chi connectivity index (χ0n) is 17.8. The van der Waals surface area contributed by atoms with Gasteiger partial charge in [0.05, 0.1) is 24.5 Å². The van der Waals surface area contributed by atoms with Gasteiger partial charge in [0.2, 0.25) is 10.0 Å². The van der Waals surface area contributed by atoms with Crippen molar-refractivity contribution < 1.29 is 17.9 Å². The molecule has 3 rings (SSSR count). The molecule has 0 fully saturated rings. The highest BCUT2D eigenvalue weighted by Crippen LogP contribution is 2.37. The first-order chi connectivity index (χ1) is 13.9. The molecular weight excluding hydrogens is 424 g/mol. The Balaban J connectivity index is 1.77. The number of rotatable bonds is 4. The molecule has 162 valence electrons. The fourth-order valence-corrected chi connectivity index (χ4v) is 4.41. The van der Waals surface area contributed by atoms with Gasteiger partial charge in [0, 0.05) is 5.02 Å². The fraction of sp³-hybridized carbons (Fsp3) is 0.409. The molecule has 8 heteroatoms. The van der Waals surface area contributed by atoms with Crippen molar-refractivity contribution in [3.63, 3.8) is 0 Å². The maximum atomic E-state index is 12.9. The fourth-order valence-electron chi connectivity index (χ4n) is 3.34. The third-order valence-corrected chi connectivity index (χ3v) is 6.50. The first kappa shape index (κ1) is 22.4. The normalized spacial score (nSPS) is 17.7. The molecule has 1 amide bonds. The molecule has 30 heavy (non-hydrogen) atoms. The maximum absolute atomic E-state index is 12.9. The number of ether oxygens (including phenoxy) is 1. The van der Waals surface area contributed by atoms with Crippen LogP contribution >= 0.6 is 11.6 Å². The van der Waals surface area contributed by atoms with E-state index in [2.05, 4.69) is 38.2 Å². The monoisotopic (exact) mass is 450 g/mol. The van der Waals surface area contributed by atoms with Gasteiger partial charge in [-0.2, -0.15) is 0 Å². The lowest BCUT2D eigenvalue weighted by Crippen LogP contribution is -2.50. The van der Waals surface area contributed by atoms with Gasteiger partial charge in [0.15, 0.2) is 6.10 Å². The molecule has 0 radical (unpaired) electrons. The van der Waals surface area contributed by atoms with Gasteiger partial charge in [0.25, 0.3) is 5.91 Å². The molecule has 0 spiro atoms. The van der Waals surface area contributed by atoms with E-state index in [0.29, 0.717) is 16.5 Å². The summed E-state index contributed by atoms with van der Waals surface area (Å²) in [7, 11) is -3.61. The number of nitrogens with zero attached hydrogens (tertiary/aromatic N) is 1. The third kappa shape index (κ3) is 4.90. The largest absolute Gasteiger partial charge is 0.476 e. The molecule has 0 unspecified atom stereocenters. The van der Waals surface area contributed by atoms with E-state index in [1.54, 1.807) is 12.1 Å². The molecule has 1 aliphatic heterocycles. The Bertz CT molecular complexity index is 1050. The predicted octanol–water partition coefficient (Wildman–Crippen LogP) is 4.04. The standard InChI is InChI=1S/C22H27ClN2O4S/c1-14(15-6-8-16(9-7-15)22(2,3)4)24-21(26)20-13-25(30(5,27)28)18-12-17(23)10-11-19(18)29-20/h6-12,14,20H,13H2,1-5H3,(H,24,26)/t14-,20+/m1/s1. The second-order valence-corrected chi connectivity index (χ2v) is 11.0. The lowest BCUT2D eigenvalue weighted by Gasteiger charge is -2.34. The van der Waals surface area contributed by atoms with Gasteiger partial charge in [-0.1, -0.05) is 56.6 Å². The van der Waals surface area contributed by atoms with E-state index in [1.165, 1.54) is 11.6 Å². The van der Waals surface area contributed by atoms with E-state index in [4.69, 9.17) is 16.3 Å². The average Bonchev–Trinajstić information content (AvgIpc) is 2.65. The van der Waals surface area contributed by atoms with Crippen molar-refractivity contribution >= 4 is 33.2 Å². The van der Waals surface area contributed by atoms with E-state index in [-0.39, 0.29) is 23.9 Å². The van der Waals surface area contributed by atoms with Crippen molar-refractivity contribution in [2.45, 2.75) is 45.3 Å². The van der Waals surface area contributed by atoms with Crippen molar-refractivity contribution in [2.75, 3.05) is 17.1 Å². The van der Waals surface area contributed by atoms with E-state index in [9.17, 15) is 13.2 Å². The number of halogens is 1. The van der Waals surface area contributed by atoms with Crippen LogP contribution < -0.4 is 14.4 Å². The Kier molecular flexibility index (Phi) is 6.07. The zero-order chi connectivity index (χ0) is 22.3. The molecule has 1 N–H and O–H groups in total. The summed E-state index contributed by atoms with van der Waals surface area (Å²) in [5, 5.41) is 3.32. The predicted molar refractivity (Wildman–Crippen MR) is 120 cm³/mol. The Morgan fingerprint density at radius 1 is 1.20 bits per heavy atom. The zero-order valence-corrected chi connectivity index (χ0v) is 19.3. The van der Waals surface area contributed by atoms with Crippen molar-refractivity contribution in [3.05, 3.63) is 58.6 Å². The summed E-state index contributed by atoms with van der Waals surface area (Å²) >= 11 is 6.01. The lowest BCUT2D eigenvalue weighted by atomic mass is 9.86. The number of anilines is 1. The summed E-state index contributed by atoms with van der Waals surface area (Å²) < 4.78 is 31.5. The first-order valence-electron chi connectivity index (χ1n) is 9.71. The van der Waals surface area contributed by atoms with E-state index >= 15 is 0 Å². The summed E-state index contributed by atoms with van der Waals surface area (Å²) in [4.78, 5) is 12.9. The maximum Gasteiger partial charge on any atom is 0.263 e. The Hall–Kier alpha value is -2.25. The Labute approximate surface area is 183 Å². The second-order valence-electron chi connectivity index (χ2n) is 8.61. The molecular formula is C22H27ClN2O4S. The van der Waals surface area contributed by atoms with Crippen molar-refractivity contribution in [1.29, 1.82) is 0 Å². The number of sulfonamides is 1.